The summed E-state index contributed by atoms with van der Waals surface area (Å²) >= 11 is 0. The highest BCUT2D eigenvalue weighted by Gasteiger charge is 2.34. The van der Waals surface area contributed by atoms with Crippen LogP contribution in [0.25, 0.3) is 0 Å². The van der Waals surface area contributed by atoms with Crippen LogP contribution in [0.2, 0.25) is 0 Å². The van der Waals surface area contributed by atoms with Crippen LogP contribution in [-0.2, 0) is 18.8 Å². The van der Waals surface area contributed by atoms with Crippen LogP contribution in [0.15, 0.2) is 29.1 Å². The molecule has 3 N–H and O–H groups in total. The predicted molar refractivity (Wildman–Crippen MR) is 83.9 cm³/mol. The number of nitrogens with zero attached hydrogens (tertiary/aromatic N) is 2. The zero-order chi connectivity index (χ0) is 17.5. The fraction of sp³-hybridized carbons (Fsp3) is 0.312. The van der Waals surface area contributed by atoms with Gasteiger partial charge in [0.25, 0.3) is 11.5 Å². The Balaban J connectivity index is 1.86. The van der Waals surface area contributed by atoms with Crippen LogP contribution < -0.4 is 16.2 Å². The van der Waals surface area contributed by atoms with E-state index in [1.54, 1.807) is 0 Å². The zero-order valence-electron chi connectivity index (χ0n) is 13.3. The summed E-state index contributed by atoms with van der Waals surface area (Å²) in [4.78, 5) is 28.7. The largest absolute Gasteiger partial charge is 0.501 e. The second-order valence-electron chi connectivity index (χ2n) is 6.13. The molecule has 0 saturated carbocycles. The molecule has 1 aliphatic rings. The number of benzene rings is 1. The molecule has 0 aliphatic carbocycles. The minimum Gasteiger partial charge on any atom is -0.501 e. The van der Waals surface area contributed by atoms with Gasteiger partial charge in [-0.05, 0) is 31.5 Å². The average Bonchev–Trinajstić information content (AvgIpc) is 2.85. The molecule has 0 saturated heterocycles. The van der Waals surface area contributed by atoms with E-state index in [2.05, 4.69) is 15.6 Å². The molecule has 7 nitrogen and oxygen atoms in total. The second kappa shape index (κ2) is 5.72. The molecular weight excluding hydrogens is 315 g/mol. The lowest BCUT2D eigenvalue weighted by molar-refractivity contribution is 0.0941. The van der Waals surface area contributed by atoms with Crippen LogP contribution in [0.5, 0.6) is 5.75 Å². The summed E-state index contributed by atoms with van der Waals surface area (Å²) in [5.41, 5.74) is -0.877. The van der Waals surface area contributed by atoms with Gasteiger partial charge >= 0.3 is 0 Å². The molecule has 1 aliphatic heterocycles. The van der Waals surface area contributed by atoms with Crippen molar-refractivity contribution in [2.75, 3.05) is 0 Å². The van der Waals surface area contributed by atoms with Gasteiger partial charge in [0.15, 0.2) is 5.69 Å². The van der Waals surface area contributed by atoms with Crippen LogP contribution in [0.4, 0.5) is 4.39 Å². The van der Waals surface area contributed by atoms with Crippen molar-refractivity contribution in [3.05, 3.63) is 57.5 Å². The highest BCUT2D eigenvalue weighted by atomic mass is 19.1. The molecule has 1 amide bonds. The molecule has 3 rings (SSSR count). The third-order valence-electron chi connectivity index (χ3n) is 3.96. The number of carbonyl (C=O) groups excluding carboxylic acids is 1. The molecule has 2 aromatic rings. The molecule has 0 spiro atoms. The van der Waals surface area contributed by atoms with Crippen molar-refractivity contribution in [3.63, 3.8) is 0 Å². The van der Waals surface area contributed by atoms with Gasteiger partial charge in [-0.1, -0.05) is 12.1 Å². The number of carbonyl (C=O) groups is 1. The number of hydrogen-bond donors (Lipinski definition) is 3. The normalized spacial score (nSPS) is 15.1. The van der Waals surface area contributed by atoms with Crippen LogP contribution >= 0.6 is 0 Å². The van der Waals surface area contributed by atoms with E-state index in [-0.39, 0.29) is 24.7 Å². The standard InChI is InChI=1S/C16H17FN4O3/c1-16(2)15-20-11(12(22)14(24)21(15)8-19-16)13(23)18-7-9-3-5-10(17)6-4-9/h3-6,19,22H,7-8H2,1-2H3,(H,18,23). The molecule has 0 radical (unpaired) electrons. The number of aromatic hydroxyl groups is 1. The SMILES string of the molecule is CC1(C)NCn2c1nc(C(=O)NCc1ccc(F)cc1)c(O)c2=O. The molecule has 1 aromatic heterocycles. The summed E-state index contributed by atoms with van der Waals surface area (Å²) in [6, 6.07) is 5.64. The molecule has 24 heavy (non-hydrogen) atoms. The van der Waals surface area contributed by atoms with Crippen molar-refractivity contribution in [2.45, 2.75) is 32.6 Å². The first kappa shape index (κ1) is 16.1. The van der Waals surface area contributed by atoms with E-state index < -0.39 is 22.8 Å². The number of nitrogens with one attached hydrogen (secondary N) is 2. The minimum atomic E-state index is -0.685. The molecule has 0 fully saturated rings. The zero-order valence-corrected chi connectivity index (χ0v) is 13.3. The highest BCUT2D eigenvalue weighted by Crippen LogP contribution is 2.24. The average molecular weight is 332 g/mol. The number of rotatable bonds is 3. The maximum absolute atomic E-state index is 12.9. The van der Waals surface area contributed by atoms with E-state index in [1.807, 2.05) is 13.8 Å². The number of hydrogen-bond acceptors (Lipinski definition) is 5. The van der Waals surface area contributed by atoms with Crippen LogP contribution in [0, 0.1) is 5.82 Å². The van der Waals surface area contributed by atoms with E-state index in [0.29, 0.717) is 11.4 Å². The number of fused-ring (bicyclic) bond motifs is 1. The fourth-order valence-electron chi connectivity index (χ4n) is 2.55. The number of aromatic nitrogens is 2. The minimum absolute atomic E-state index is 0.125. The van der Waals surface area contributed by atoms with Crippen LogP contribution in [0.1, 0.15) is 35.7 Å². The van der Waals surface area contributed by atoms with Gasteiger partial charge in [-0.2, -0.15) is 0 Å². The summed E-state index contributed by atoms with van der Waals surface area (Å²) in [5.74, 6) is -1.34. The lowest BCUT2D eigenvalue weighted by Gasteiger charge is -2.17. The lowest BCUT2D eigenvalue weighted by Crippen LogP contribution is -2.32. The molecule has 0 atom stereocenters. The first-order chi connectivity index (χ1) is 11.3. The van der Waals surface area contributed by atoms with Crippen LogP contribution in [0.3, 0.4) is 0 Å². The summed E-state index contributed by atoms with van der Waals surface area (Å²) in [5, 5.41) is 15.7. The highest BCUT2D eigenvalue weighted by molar-refractivity contribution is 5.94. The summed E-state index contributed by atoms with van der Waals surface area (Å²) < 4.78 is 14.2. The van der Waals surface area contributed by atoms with Crippen molar-refractivity contribution in [1.29, 1.82) is 0 Å². The molecular formula is C16H17FN4O3. The first-order valence-electron chi connectivity index (χ1n) is 7.41. The van der Waals surface area contributed by atoms with E-state index in [4.69, 9.17) is 0 Å². The maximum Gasteiger partial charge on any atom is 0.297 e. The van der Waals surface area contributed by atoms with Gasteiger partial charge in [-0.15, -0.1) is 0 Å². The Morgan fingerprint density at radius 3 is 2.75 bits per heavy atom. The van der Waals surface area contributed by atoms with Crippen LogP contribution in [-0.4, -0.2) is 20.6 Å². The monoisotopic (exact) mass is 332 g/mol. The topological polar surface area (TPSA) is 96.2 Å². The third-order valence-corrected chi connectivity index (χ3v) is 3.96. The van der Waals surface area contributed by atoms with E-state index in [1.165, 1.54) is 28.8 Å². The van der Waals surface area contributed by atoms with E-state index in [0.717, 1.165) is 0 Å². The van der Waals surface area contributed by atoms with Gasteiger partial charge in [0.2, 0.25) is 5.75 Å². The Morgan fingerprint density at radius 2 is 2.08 bits per heavy atom. The fourth-order valence-corrected chi connectivity index (χ4v) is 2.55. The predicted octanol–water partition coefficient (Wildman–Crippen LogP) is 0.814. The molecule has 2 heterocycles. The number of halogens is 1. The summed E-state index contributed by atoms with van der Waals surface area (Å²) in [6.07, 6.45) is 0. The van der Waals surface area contributed by atoms with Crippen molar-refractivity contribution >= 4 is 5.91 Å². The van der Waals surface area contributed by atoms with Gasteiger partial charge < -0.3 is 10.4 Å². The van der Waals surface area contributed by atoms with Gasteiger partial charge in [-0.25, -0.2) is 9.37 Å². The van der Waals surface area contributed by atoms with Crippen molar-refractivity contribution in [3.8, 4) is 5.75 Å². The summed E-state index contributed by atoms with van der Waals surface area (Å²) in [7, 11) is 0. The Kier molecular flexibility index (Phi) is 3.84. The van der Waals surface area contributed by atoms with Crippen molar-refractivity contribution in [1.82, 2.24) is 20.2 Å². The van der Waals surface area contributed by atoms with E-state index in [9.17, 15) is 19.1 Å². The van der Waals surface area contributed by atoms with Gasteiger partial charge in [0.05, 0.1) is 12.2 Å². The molecule has 8 heteroatoms. The Labute approximate surface area is 137 Å². The van der Waals surface area contributed by atoms with Gasteiger partial charge in [-0.3, -0.25) is 19.5 Å². The van der Waals surface area contributed by atoms with Crippen molar-refractivity contribution < 1.29 is 14.3 Å². The van der Waals surface area contributed by atoms with Gasteiger partial charge in [0.1, 0.15) is 11.6 Å². The molecule has 1 aromatic carbocycles. The van der Waals surface area contributed by atoms with Gasteiger partial charge in [0, 0.05) is 6.54 Å². The third kappa shape index (κ3) is 2.76. The molecule has 0 bridgehead atoms. The van der Waals surface area contributed by atoms with E-state index >= 15 is 0 Å². The lowest BCUT2D eigenvalue weighted by atomic mass is 10.1. The first-order valence-corrected chi connectivity index (χ1v) is 7.41. The number of amides is 1. The Hall–Kier alpha value is -2.74. The molecule has 0 unspecified atom stereocenters. The summed E-state index contributed by atoms with van der Waals surface area (Å²) in [6.45, 7) is 4.00. The molecule has 126 valence electrons. The maximum atomic E-state index is 12.9. The smallest absolute Gasteiger partial charge is 0.297 e. The van der Waals surface area contributed by atoms with Crippen molar-refractivity contribution in [2.24, 2.45) is 0 Å². The Morgan fingerprint density at radius 1 is 1.42 bits per heavy atom. The Bertz CT molecular complexity index is 859. The quantitative estimate of drug-likeness (QED) is 0.773. The second-order valence-corrected chi connectivity index (χ2v) is 6.13.